The summed E-state index contributed by atoms with van der Waals surface area (Å²) >= 11 is 10.5. The van der Waals surface area contributed by atoms with Gasteiger partial charge in [0.25, 0.3) is 0 Å². The molecule has 4 nitrogen and oxygen atoms in total. The molecule has 0 radical (unpaired) electrons. The Hall–Kier alpha value is -1.18. The van der Waals surface area contributed by atoms with Gasteiger partial charge in [-0.2, -0.15) is 4.37 Å². The SMILES string of the molecule is C=CC(=O)N1CCN(c2snc3c(F)c(Br)c(Cl)cc23)C(C)C1. The van der Waals surface area contributed by atoms with Crippen molar-refractivity contribution in [3.63, 3.8) is 0 Å². The van der Waals surface area contributed by atoms with Crippen molar-refractivity contribution in [2.24, 2.45) is 0 Å². The smallest absolute Gasteiger partial charge is 0.246 e. The van der Waals surface area contributed by atoms with Gasteiger partial charge in [0.2, 0.25) is 5.91 Å². The van der Waals surface area contributed by atoms with Crippen molar-refractivity contribution in [3.8, 4) is 0 Å². The number of rotatable bonds is 2. The van der Waals surface area contributed by atoms with Crippen LogP contribution in [0, 0.1) is 5.82 Å². The van der Waals surface area contributed by atoms with Crippen molar-refractivity contribution in [3.05, 3.63) is 34.0 Å². The van der Waals surface area contributed by atoms with E-state index in [1.807, 2.05) is 6.92 Å². The molecule has 1 saturated heterocycles. The normalized spacial score (nSPS) is 18.5. The Bertz CT molecular complexity index is 797. The minimum absolute atomic E-state index is 0.0660. The summed E-state index contributed by atoms with van der Waals surface area (Å²) in [7, 11) is 0. The van der Waals surface area contributed by atoms with Crippen molar-refractivity contribution in [2.45, 2.75) is 13.0 Å². The van der Waals surface area contributed by atoms with Crippen molar-refractivity contribution in [2.75, 3.05) is 24.5 Å². The van der Waals surface area contributed by atoms with E-state index in [2.05, 4.69) is 31.8 Å². The van der Waals surface area contributed by atoms with E-state index in [0.717, 1.165) is 5.00 Å². The zero-order chi connectivity index (χ0) is 16.7. The van der Waals surface area contributed by atoms with E-state index in [4.69, 9.17) is 11.6 Å². The summed E-state index contributed by atoms with van der Waals surface area (Å²) in [6.45, 7) is 7.41. The van der Waals surface area contributed by atoms with Crippen LogP contribution in [0.25, 0.3) is 10.9 Å². The van der Waals surface area contributed by atoms with Gasteiger partial charge >= 0.3 is 0 Å². The predicted molar refractivity (Wildman–Crippen MR) is 95.9 cm³/mol. The van der Waals surface area contributed by atoms with Gasteiger partial charge < -0.3 is 9.80 Å². The summed E-state index contributed by atoms with van der Waals surface area (Å²) < 4.78 is 18.8. The van der Waals surface area contributed by atoms with E-state index < -0.39 is 5.82 Å². The fourth-order valence-electron chi connectivity index (χ4n) is 2.77. The number of amides is 1. The van der Waals surface area contributed by atoms with Crippen LogP contribution in [0.1, 0.15) is 6.92 Å². The Kier molecular flexibility index (Phi) is 4.62. The summed E-state index contributed by atoms with van der Waals surface area (Å²) in [5.74, 6) is -0.508. The molecule has 1 aromatic carbocycles. The molecule has 1 aliphatic heterocycles. The summed E-state index contributed by atoms with van der Waals surface area (Å²) in [5, 5.41) is 1.91. The number of piperazine rings is 1. The van der Waals surface area contributed by atoms with E-state index in [1.54, 1.807) is 11.0 Å². The van der Waals surface area contributed by atoms with Crippen LogP contribution in [-0.2, 0) is 4.79 Å². The molecular weight excluding hydrogens is 405 g/mol. The van der Waals surface area contributed by atoms with Crippen LogP contribution < -0.4 is 4.90 Å². The lowest BCUT2D eigenvalue weighted by Gasteiger charge is -2.40. The highest BCUT2D eigenvalue weighted by atomic mass is 79.9. The van der Waals surface area contributed by atoms with Gasteiger partial charge in [0.05, 0.1) is 9.50 Å². The summed E-state index contributed by atoms with van der Waals surface area (Å²) in [5.41, 5.74) is 0.318. The van der Waals surface area contributed by atoms with E-state index in [1.165, 1.54) is 17.6 Å². The second-order valence-electron chi connectivity index (χ2n) is 5.40. The lowest BCUT2D eigenvalue weighted by molar-refractivity contribution is -0.126. The van der Waals surface area contributed by atoms with Gasteiger partial charge in [-0.05, 0) is 46.5 Å². The molecule has 0 bridgehead atoms. The van der Waals surface area contributed by atoms with E-state index >= 15 is 0 Å². The Labute approximate surface area is 150 Å². The molecule has 1 amide bonds. The number of carbonyl (C=O) groups excluding carboxylic acids is 1. The van der Waals surface area contributed by atoms with Crippen molar-refractivity contribution < 1.29 is 9.18 Å². The Morgan fingerprint density at radius 3 is 3.00 bits per heavy atom. The third-order valence-corrected chi connectivity index (χ3v) is 6.17. The second-order valence-corrected chi connectivity index (χ2v) is 7.35. The fraction of sp³-hybridized carbons (Fsp3) is 0.333. The topological polar surface area (TPSA) is 36.4 Å². The highest BCUT2D eigenvalue weighted by Gasteiger charge is 2.29. The summed E-state index contributed by atoms with van der Waals surface area (Å²) in [4.78, 5) is 15.7. The van der Waals surface area contributed by atoms with Crippen LogP contribution >= 0.6 is 39.1 Å². The predicted octanol–water partition coefficient (Wildman–Crippen LogP) is 4.07. The summed E-state index contributed by atoms with van der Waals surface area (Å²) in [6, 6.07) is 1.83. The number of halogens is 3. The molecule has 0 N–H and O–H groups in total. The number of fused-ring (bicyclic) bond motifs is 1. The Balaban J connectivity index is 1.96. The molecule has 1 aliphatic rings. The molecule has 3 rings (SSSR count). The van der Waals surface area contributed by atoms with E-state index in [0.29, 0.717) is 35.6 Å². The molecule has 0 saturated carbocycles. The third kappa shape index (κ3) is 2.86. The average Bonchev–Trinajstić information content (AvgIpc) is 2.95. The molecule has 0 spiro atoms. The van der Waals surface area contributed by atoms with E-state index in [-0.39, 0.29) is 16.4 Å². The first-order valence-electron chi connectivity index (χ1n) is 7.05. The number of hydrogen-bond acceptors (Lipinski definition) is 4. The van der Waals surface area contributed by atoms with E-state index in [9.17, 15) is 9.18 Å². The van der Waals surface area contributed by atoms with Gasteiger partial charge in [-0.15, -0.1) is 0 Å². The second kappa shape index (κ2) is 6.37. The lowest BCUT2D eigenvalue weighted by atomic mass is 10.1. The van der Waals surface area contributed by atoms with Crippen molar-refractivity contribution in [1.82, 2.24) is 9.27 Å². The van der Waals surface area contributed by atoms with Crippen LogP contribution in [0.3, 0.4) is 0 Å². The minimum Gasteiger partial charge on any atom is -0.355 e. The molecule has 2 heterocycles. The third-order valence-electron chi connectivity index (χ3n) is 3.96. The molecular formula is C15H14BrClFN3OS. The largest absolute Gasteiger partial charge is 0.355 e. The molecule has 1 atom stereocenters. The number of nitrogens with zero attached hydrogens (tertiary/aromatic N) is 3. The van der Waals surface area contributed by atoms with Gasteiger partial charge in [-0.3, -0.25) is 4.79 Å². The quantitative estimate of drug-likeness (QED) is 0.545. The average molecular weight is 419 g/mol. The first-order chi connectivity index (χ1) is 10.9. The maximum absolute atomic E-state index is 14.3. The molecule has 122 valence electrons. The number of carbonyl (C=O) groups is 1. The molecule has 1 fully saturated rings. The van der Waals surface area contributed by atoms with Gasteiger partial charge in [0.15, 0.2) is 5.82 Å². The van der Waals surface area contributed by atoms with Crippen LogP contribution in [0.4, 0.5) is 9.39 Å². The number of hydrogen-bond donors (Lipinski definition) is 0. The molecule has 0 aliphatic carbocycles. The molecule has 8 heteroatoms. The standard InChI is InChI=1S/C15H14BrClFN3OS/c1-3-11(22)20-4-5-21(8(2)7-20)15-9-6-10(17)12(16)13(18)14(9)19-23-15/h3,6,8H,1,4-5,7H2,2H3. The number of aromatic nitrogens is 1. The fourth-order valence-corrected chi connectivity index (χ4v) is 4.25. The first kappa shape index (κ1) is 16.7. The lowest BCUT2D eigenvalue weighted by Crippen LogP contribution is -2.53. The number of benzene rings is 1. The van der Waals surface area contributed by atoms with Gasteiger partial charge in [-0.1, -0.05) is 18.2 Å². The van der Waals surface area contributed by atoms with Crippen LogP contribution in [0.2, 0.25) is 5.02 Å². The van der Waals surface area contributed by atoms with Crippen LogP contribution in [0.5, 0.6) is 0 Å². The first-order valence-corrected chi connectivity index (χ1v) is 8.99. The Morgan fingerprint density at radius 1 is 1.61 bits per heavy atom. The number of anilines is 1. The maximum Gasteiger partial charge on any atom is 0.246 e. The van der Waals surface area contributed by atoms with Crippen molar-refractivity contribution in [1.29, 1.82) is 0 Å². The van der Waals surface area contributed by atoms with Crippen molar-refractivity contribution >= 4 is 60.9 Å². The van der Waals surface area contributed by atoms with Gasteiger partial charge in [0, 0.05) is 31.1 Å². The molecule has 1 unspecified atom stereocenters. The zero-order valence-electron chi connectivity index (χ0n) is 12.4. The molecule has 23 heavy (non-hydrogen) atoms. The summed E-state index contributed by atoms with van der Waals surface area (Å²) in [6.07, 6.45) is 1.33. The molecule has 2 aromatic rings. The van der Waals surface area contributed by atoms with Gasteiger partial charge in [0.1, 0.15) is 10.5 Å². The Morgan fingerprint density at radius 2 is 2.35 bits per heavy atom. The molecule has 1 aromatic heterocycles. The highest BCUT2D eigenvalue weighted by Crippen LogP contribution is 2.39. The van der Waals surface area contributed by atoms with Crippen LogP contribution in [-0.4, -0.2) is 40.9 Å². The highest BCUT2D eigenvalue weighted by molar-refractivity contribution is 9.10. The minimum atomic E-state index is -0.442. The maximum atomic E-state index is 14.3. The zero-order valence-corrected chi connectivity index (χ0v) is 15.5. The monoisotopic (exact) mass is 417 g/mol. The van der Waals surface area contributed by atoms with Gasteiger partial charge in [-0.25, -0.2) is 4.39 Å². The van der Waals surface area contributed by atoms with Crippen LogP contribution in [0.15, 0.2) is 23.2 Å².